The van der Waals surface area contributed by atoms with Crippen LogP contribution in [-0.2, 0) is 22.3 Å². The first kappa shape index (κ1) is 14.3. The monoisotopic (exact) mass is 337 g/mol. The number of aliphatic hydroxyl groups excluding tert-OH is 1. The van der Waals surface area contributed by atoms with E-state index < -0.39 is 11.2 Å². The maximum atomic E-state index is 10.3. The molecule has 7 nitrogen and oxygen atoms in total. The van der Waals surface area contributed by atoms with Gasteiger partial charge in [-0.25, -0.2) is 4.98 Å². The highest BCUT2D eigenvalue weighted by atomic mass is 32.2. The van der Waals surface area contributed by atoms with E-state index in [0.717, 1.165) is 54.6 Å². The summed E-state index contributed by atoms with van der Waals surface area (Å²) in [5.41, 5.74) is 1.37. The van der Waals surface area contributed by atoms with Crippen LogP contribution in [0.3, 0.4) is 0 Å². The van der Waals surface area contributed by atoms with Gasteiger partial charge in [0.25, 0.3) is 4.90 Å². The Hall–Kier alpha value is -1.09. The zero-order valence-electron chi connectivity index (χ0n) is 12.9. The van der Waals surface area contributed by atoms with E-state index in [1.807, 2.05) is 4.90 Å². The number of aromatic nitrogens is 2. The van der Waals surface area contributed by atoms with Crippen molar-refractivity contribution < 1.29 is 14.4 Å². The fraction of sp³-hybridized carbons (Fsp3) is 0.733. The Balaban J connectivity index is 1.39. The van der Waals surface area contributed by atoms with Crippen molar-refractivity contribution in [1.29, 1.82) is 0 Å². The van der Waals surface area contributed by atoms with Crippen LogP contribution >= 0.6 is 0 Å². The van der Waals surface area contributed by atoms with Gasteiger partial charge in [0, 0.05) is 31.0 Å². The van der Waals surface area contributed by atoms with Crippen LogP contribution in [-0.4, -0.2) is 63.8 Å². The number of ether oxygens (including phenoxy) is 1. The second-order valence-electron chi connectivity index (χ2n) is 7.27. The molecule has 0 aromatic carbocycles. The highest BCUT2D eigenvalue weighted by Gasteiger charge is 2.50. The van der Waals surface area contributed by atoms with Crippen LogP contribution in [0.15, 0.2) is 4.90 Å². The Morgan fingerprint density at radius 1 is 1.26 bits per heavy atom. The number of nitrogens with zero attached hydrogens (tertiary/aromatic N) is 3. The Morgan fingerprint density at radius 3 is 2.70 bits per heavy atom. The largest absolute Gasteiger partial charge is 0.389 e. The molecule has 3 aliphatic heterocycles. The van der Waals surface area contributed by atoms with E-state index in [-0.39, 0.29) is 6.10 Å². The first-order valence-electron chi connectivity index (χ1n) is 8.20. The molecule has 1 saturated carbocycles. The molecule has 0 radical (unpaired) electrons. The van der Waals surface area contributed by atoms with Crippen molar-refractivity contribution in [2.24, 2.45) is 5.41 Å². The van der Waals surface area contributed by atoms with E-state index in [4.69, 9.17) is 4.74 Å². The molecule has 3 fully saturated rings. The molecular weight excluding hydrogens is 316 g/mol. The quantitative estimate of drug-likeness (QED) is 0.681. The zero-order chi connectivity index (χ0) is 15.6. The SMILES string of the molecule is OC1CN(c2nc3c(c(NC4CC5(COC5)C4)n2)[S+](O)CC3)C1. The van der Waals surface area contributed by atoms with Crippen LogP contribution in [0, 0.1) is 5.41 Å². The number of nitrogens with one attached hydrogen (secondary N) is 1. The molecular formula is C15H21N4O3S+. The summed E-state index contributed by atoms with van der Waals surface area (Å²) in [7, 11) is 0. The van der Waals surface area contributed by atoms with Crippen LogP contribution in [0.1, 0.15) is 18.5 Å². The van der Waals surface area contributed by atoms with E-state index in [0.29, 0.717) is 30.5 Å². The predicted molar refractivity (Wildman–Crippen MR) is 87.0 cm³/mol. The van der Waals surface area contributed by atoms with Gasteiger partial charge in [-0.15, -0.1) is 0 Å². The number of aryl methyl sites for hydroxylation is 1. The minimum atomic E-state index is -0.753. The van der Waals surface area contributed by atoms with Crippen molar-refractivity contribution in [3.8, 4) is 0 Å². The van der Waals surface area contributed by atoms with Crippen molar-refractivity contribution in [2.45, 2.75) is 36.3 Å². The summed E-state index contributed by atoms with van der Waals surface area (Å²) >= 11 is -0.753. The van der Waals surface area contributed by atoms with Crippen molar-refractivity contribution in [1.82, 2.24) is 9.97 Å². The van der Waals surface area contributed by atoms with E-state index in [1.165, 1.54) is 0 Å². The van der Waals surface area contributed by atoms with Crippen LogP contribution in [0.25, 0.3) is 0 Å². The zero-order valence-corrected chi connectivity index (χ0v) is 13.7. The van der Waals surface area contributed by atoms with Crippen molar-refractivity contribution in [3.05, 3.63) is 5.69 Å². The average molecular weight is 337 g/mol. The number of anilines is 2. The predicted octanol–water partition coefficient (Wildman–Crippen LogP) is 0.255. The molecule has 1 spiro atoms. The summed E-state index contributed by atoms with van der Waals surface area (Å²) in [6.45, 7) is 2.95. The van der Waals surface area contributed by atoms with Gasteiger partial charge in [0.05, 0.1) is 19.3 Å². The van der Waals surface area contributed by atoms with E-state index in [2.05, 4.69) is 15.3 Å². The molecule has 23 heavy (non-hydrogen) atoms. The lowest BCUT2D eigenvalue weighted by atomic mass is 9.64. The van der Waals surface area contributed by atoms with Crippen molar-refractivity contribution in [2.75, 3.05) is 42.3 Å². The van der Waals surface area contributed by atoms with Gasteiger partial charge in [-0.2, -0.15) is 9.54 Å². The summed E-state index contributed by atoms with van der Waals surface area (Å²) in [6.07, 6.45) is 2.75. The van der Waals surface area contributed by atoms with Gasteiger partial charge in [0.2, 0.25) is 5.95 Å². The average Bonchev–Trinajstić information content (AvgIpc) is 2.78. The number of β-amino-alcohol motifs (C(OH)–C–C–N with tert-alkyl or cyclic N) is 1. The minimum absolute atomic E-state index is 0.277. The fourth-order valence-corrected chi connectivity index (χ4v) is 5.30. The summed E-state index contributed by atoms with van der Waals surface area (Å²) in [5, 5.41) is 13.0. The lowest BCUT2D eigenvalue weighted by molar-refractivity contribution is -0.159. The third-order valence-corrected chi connectivity index (χ3v) is 6.84. The summed E-state index contributed by atoms with van der Waals surface area (Å²) in [6, 6.07) is 0.408. The molecule has 124 valence electrons. The van der Waals surface area contributed by atoms with Gasteiger partial charge in [-0.05, 0) is 12.8 Å². The van der Waals surface area contributed by atoms with Gasteiger partial charge >= 0.3 is 0 Å². The standard InChI is InChI=1S/C15H21N4O3S/c20-10-5-19(6-10)14-17-11-1-2-23(21)12(11)13(18-14)16-9-3-15(4-9)7-22-8-15/h9-10,20-21H,1-8H2,(H,16,17,18)/q+1. The molecule has 8 heteroatoms. The molecule has 1 aromatic rings. The molecule has 4 aliphatic rings. The molecule has 3 N–H and O–H groups in total. The van der Waals surface area contributed by atoms with Gasteiger partial charge in [0.15, 0.2) is 22.7 Å². The third-order valence-electron chi connectivity index (χ3n) is 5.35. The first-order chi connectivity index (χ1) is 11.1. The molecule has 1 unspecified atom stereocenters. The van der Waals surface area contributed by atoms with Gasteiger partial charge in [0.1, 0.15) is 5.69 Å². The maximum absolute atomic E-state index is 10.3. The molecule has 5 rings (SSSR count). The van der Waals surface area contributed by atoms with Crippen molar-refractivity contribution in [3.63, 3.8) is 0 Å². The highest BCUT2D eigenvalue weighted by Crippen LogP contribution is 2.48. The van der Waals surface area contributed by atoms with E-state index in [1.54, 1.807) is 0 Å². The molecule has 2 saturated heterocycles. The molecule has 1 atom stereocenters. The Bertz CT molecular complexity index is 640. The third kappa shape index (κ3) is 2.23. The lowest BCUT2D eigenvalue weighted by Gasteiger charge is -2.53. The van der Waals surface area contributed by atoms with E-state index in [9.17, 15) is 9.66 Å². The topological polar surface area (TPSA) is 90.7 Å². The summed E-state index contributed by atoms with van der Waals surface area (Å²) in [5.74, 6) is 2.22. The number of fused-ring (bicyclic) bond motifs is 1. The van der Waals surface area contributed by atoms with Gasteiger partial charge < -0.3 is 20.1 Å². The highest BCUT2D eigenvalue weighted by molar-refractivity contribution is 7.92. The van der Waals surface area contributed by atoms with Crippen LogP contribution in [0.5, 0.6) is 0 Å². The second kappa shape index (κ2) is 4.95. The smallest absolute Gasteiger partial charge is 0.253 e. The fourth-order valence-electron chi connectivity index (χ4n) is 3.96. The number of aliphatic hydroxyl groups is 1. The summed E-state index contributed by atoms with van der Waals surface area (Å²) < 4.78 is 15.6. The van der Waals surface area contributed by atoms with Gasteiger partial charge in [-0.3, -0.25) is 0 Å². The van der Waals surface area contributed by atoms with Crippen LogP contribution in [0.2, 0.25) is 0 Å². The molecule has 1 aliphatic carbocycles. The number of hydrogen-bond acceptors (Lipinski definition) is 7. The van der Waals surface area contributed by atoms with Crippen molar-refractivity contribution >= 4 is 22.9 Å². The number of rotatable bonds is 3. The Kier molecular flexibility index (Phi) is 3.07. The molecule has 1 aromatic heterocycles. The Morgan fingerprint density at radius 2 is 2.04 bits per heavy atom. The maximum Gasteiger partial charge on any atom is 0.253 e. The second-order valence-corrected chi connectivity index (χ2v) is 8.81. The van der Waals surface area contributed by atoms with Crippen LogP contribution < -0.4 is 10.2 Å². The molecule has 0 bridgehead atoms. The molecule has 4 heterocycles. The van der Waals surface area contributed by atoms with Crippen LogP contribution in [0.4, 0.5) is 11.8 Å². The summed E-state index contributed by atoms with van der Waals surface area (Å²) in [4.78, 5) is 12.2. The first-order valence-corrected chi connectivity index (χ1v) is 9.55. The number of hydrogen-bond donors (Lipinski definition) is 3. The minimum Gasteiger partial charge on any atom is -0.389 e. The Labute approximate surface area is 137 Å². The normalized spacial score (nSPS) is 29.0. The molecule has 0 amide bonds. The van der Waals surface area contributed by atoms with E-state index >= 15 is 0 Å². The van der Waals surface area contributed by atoms with Gasteiger partial charge in [-0.1, -0.05) is 0 Å². The lowest BCUT2D eigenvalue weighted by Crippen LogP contribution is -2.56.